The van der Waals surface area contributed by atoms with Gasteiger partial charge in [-0.3, -0.25) is 19.2 Å². The van der Waals surface area contributed by atoms with Gasteiger partial charge in [0.15, 0.2) is 5.78 Å². The number of aliphatic hydroxyl groups is 1. The second-order valence-electron chi connectivity index (χ2n) is 23.0. The van der Waals surface area contributed by atoms with Crippen molar-refractivity contribution >= 4 is 41.6 Å². The van der Waals surface area contributed by atoms with Crippen LogP contribution in [0.2, 0.25) is 0 Å². The Morgan fingerprint density at radius 1 is 0.554 bits per heavy atom. The van der Waals surface area contributed by atoms with Crippen LogP contribution in [0.5, 0.6) is 0 Å². The van der Waals surface area contributed by atoms with Gasteiger partial charge < -0.3 is 39.6 Å². The van der Waals surface area contributed by atoms with Crippen molar-refractivity contribution in [2.45, 2.75) is 162 Å². The number of unbranched alkanes of at least 4 members (excludes halogenated alkanes) is 2. The lowest BCUT2D eigenvalue weighted by Gasteiger charge is -2.36. The lowest BCUT2D eigenvalue weighted by atomic mass is 9.84. The van der Waals surface area contributed by atoms with Crippen molar-refractivity contribution in [2.75, 3.05) is 19.8 Å². The highest BCUT2D eigenvalue weighted by molar-refractivity contribution is 6.38. The van der Waals surface area contributed by atoms with Crippen molar-refractivity contribution in [2.24, 2.45) is 16.7 Å². The van der Waals surface area contributed by atoms with Crippen molar-refractivity contribution in [3.63, 3.8) is 0 Å². The van der Waals surface area contributed by atoms with Gasteiger partial charge in [-0.25, -0.2) is 14.4 Å². The summed E-state index contributed by atoms with van der Waals surface area (Å²) in [5.41, 5.74) is 2.89. The fraction of sp³-hybridized carbons (Fsp3) is 0.456. The van der Waals surface area contributed by atoms with Gasteiger partial charge in [-0.2, -0.15) is 0 Å². The predicted molar refractivity (Wildman–Crippen MR) is 317 cm³/mol. The Morgan fingerprint density at radius 2 is 1.02 bits per heavy atom. The molecular formula is C68H85N3O12. The highest BCUT2D eigenvalue weighted by atomic mass is 16.6. The number of carbonyl (C=O) groups is 7. The fourth-order valence-corrected chi connectivity index (χ4v) is 10.1. The molecule has 83 heavy (non-hydrogen) atoms. The average Bonchev–Trinajstić information content (AvgIpc) is 3.61. The van der Waals surface area contributed by atoms with Crippen molar-refractivity contribution in [1.29, 1.82) is 0 Å². The number of esters is 2. The van der Waals surface area contributed by atoms with Crippen LogP contribution in [-0.4, -0.2) is 83.5 Å². The number of ether oxygens (including phenoxy) is 4. The summed E-state index contributed by atoms with van der Waals surface area (Å²) in [6, 6.07) is 45.4. The Kier molecular flexibility index (Phi) is 25.5. The Morgan fingerprint density at radius 3 is 1.53 bits per heavy atom. The van der Waals surface area contributed by atoms with Crippen LogP contribution in [0, 0.1) is 16.7 Å². The number of carbonyl (C=O) groups excluding carboxylic acids is 7. The number of piperidine rings is 1. The molecule has 0 saturated carbocycles. The Bertz CT molecular complexity index is 2830. The number of Topliss-reactive ketones (excluding diaryl/α,β-unsaturated/α-hetero) is 2. The van der Waals surface area contributed by atoms with Gasteiger partial charge in [0.2, 0.25) is 5.78 Å². The quantitative estimate of drug-likeness (QED) is 0.0159. The molecule has 15 nitrogen and oxygen atoms in total. The van der Waals surface area contributed by atoms with Gasteiger partial charge in [0, 0.05) is 19.6 Å². The van der Waals surface area contributed by atoms with Crippen LogP contribution in [0.15, 0.2) is 146 Å². The number of benzene rings is 5. The highest BCUT2D eigenvalue weighted by Gasteiger charge is 2.43. The summed E-state index contributed by atoms with van der Waals surface area (Å²) in [5.74, 6) is -3.30. The van der Waals surface area contributed by atoms with Crippen molar-refractivity contribution < 1.29 is 57.6 Å². The lowest BCUT2D eigenvalue weighted by molar-refractivity contribution is -0.165. The number of nitrogens with one attached hydrogen (secondary N) is 2. The highest BCUT2D eigenvalue weighted by Crippen LogP contribution is 2.31. The van der Waals surface area contributed by atoms with Gasteiger partial charge in [-0.15, -0.1) is 0 Å². The molecule has 3 N–H and O–H groups in total. The minimum Gasteiger partial charge on any atom is -0.457 e. The van der Waals surface area contributed by atoms with E-state index in [4.69, 9.17) is 18.9 Å². The minimum absolute atomic E-state index is 0.0839. The Labute approximate surface area is 490 Å². The number of hydrogen-bond donors (Lipinski definition) is 3. The number of aliphatic hydroxyl groups excluding tert-OH is 1. The Hall–Kier alpha value is -7.65. The summed E-state index contributed by atoms with van der Waals surface area (Å²) in [5, 5.41) is 16.4. The van der Waals surface area contributed by atoms with Gasteiger partial charge in [-0.05, 0) is 132 Å². The largest absolute Gasteiger partial charge is 0.457 e. The molecule has 1 aliphatic heterocycles. The summed E-state index contributed by atoms with van der Waals surface area (Å²) in [4.78, 5) is 95.7. The zero-order chi connectivity index (χ0) is 59.6. The van der Waals surface area contributed by atoms with E-state index in [9.17, 15) is 38.7 Å². The van der Waals surface area contributed by atoms with Gasteiger partial charge in [-0.1, -0.05) is 172 Å². The smallest absolute Gasteiger partial charge is 0.407 e. The molecule has 15 heteroatoms. The van der Waals surface area contributed by atoms with E-state index in [0.29, 0.717) is 63.4 Å². The molecule has 0 aliphatic carbocycles. The van der Waals surface area contributed by atoms with Gasteiger partial charge >= 0.3 is 24.1 Å². The van der Waals surface area contributed by atoms with Gasteiger partial charge in [0.05, 0.1) is 16.7 Å². The predicted octanol–water partition coefficient (Wildman–Crippen LogP) is 12.3. The molecule has 444 valence electrons. The zero-order valence-electron chi connectivity index (χ0n) is 49.1. The molecule has 0 aromatic heterocycles. The third-order valence-electron chi connectivity index (χ3n) is 15.3. The second kappa shape index (κ2) is 32.9. The number of alkyl carbamates (subject to hydrolysis) is 2. The molecule has 5 aromatic carbocycles. The molecule has 5 aromatic rings. The monoisotopic (exact) mass is 1140 g/mol. The maximum absolute atomic E-state index is 13.8. The molecule has 1 fully saturated rings. The molecule has 1 aliphatic rings. The maximum atomic E-state index is 13.8. The van der Waals surface area contributed by atoms with E-state index in [-0.39, 0.29) is 51.2 Å². The van der Waals surface area contributed by atoms with Crippen molar-refractivity contribution in [3.8, 4) is 0 Å². The van der Waals surface area contributed by atoms with Crippen molar-refractivity contribution in [3.05, 3.63) is 179 Å². The van der Waals surface area contributed by atoms with E-state index in [1.807, 2.05) is 109 Å². The molecule has 0 bridgehead atoms. The maximum Gasteiger partial charge on any atom is 0.407 e. The molecule has 1 saturated heterocycles. The van der Waals surface area contributed by atoms with E-state index >= 15 is 0 Å². The minimum atomic E-state index is -1.40. The number of rotatable bonds is 32. The van der Waals surface area contributed by atoms with E-state index < -0.39 is 70.8 Å². The van der Waals surface area contributed by atoms with Crippen LogP contribution in [0.4, 0.5) is 9.59 Å². The third-order valence-corrected chi connectivity index (χ3v) is 15.3. The molecule has 3 unspecified atom stereocenters. The summed E-state index contributed by atoms with van der Waals surface area (Å²) >= 11 is 0. The zero-order valence-corrected chi connectivity index (χ0v) is 49.1. The normalized spacial score (nSPS) is 14.9. The summed E-state index contributed by atoms with van der Waals surface area (Å²) < 4.78 is 23.2. The summed E-state index contributed by atoms with van der Waals surface area (Å²) in [6.07, 6.45) is 4.95. The van der Waals surface area contributed by atoms with Crippen LogP contribution in [-0.2, 0) is 68.9 Å². The van der Waals surface area contributed by atoms with Crippen LogP contribution in [0.1, 0.15) is 157 Å². The molecule has 6 rings (SSSR count). The van der Waals surface area contributed by atoms with Crippen LogP contribution < -0.4 is 10.6 Å². The number of likely N-dealkylation sites (tertiary alicyclic amines) is 1. The second-order valence-corrected chi connectivity index (χ2v) is 23.0. The molecule has 3 amide bonds. The van der Waals surface area contributed by atoms with Crippen molar-refractivity contribution in [1.82, 2.24) is 15.5 Å². The number of nitrogens with zero attached hydrogens (tertiary/aromatic N) is 1. The van der Waals surface area contributed by atoms with Crippen LogP contribution >= 0.6 is 0 Å². The standard InChI is InChI=1S/C68H85N3O12/c1-6-7-12-32-55(63(76)82-58(53-28-17-10-18-29-53)42-40-49-24-13-8-14-25-49)33-23-35-57(72)60(73)67(2,3)47-80-65(78)69-45-51-36-38-52(39-37-51)46-70-66(79)81-48-68(4,5)61(74)62(75)71-44-22-21-34-56(71)64(77)83-59(54-30-19-11-20-31-54)43-41-50-26-15-9-16-27-50/h8-11,13-20,24-31,36-39,55-59,72H,6-7,12,21-23,32-35,40-48H2,1-5H3,(H,69,78)(H,70,79)/t55-,56?,57?,58-,59?/m1/s1. The molecular weight excluding hydrogens is 1050 g/mol. The SMILES string of the molecule is CCCCC[C@H](CCCC(O)C(=O)C(C)(C)COC(=O)NCc1ccc(CNC(=O)OCC(C)(C)C(=O)C(=O)N2CCCCC2C(=O)OC(CCc2ccccc2)c2ccccc2)cc1)C(=O)O[C@H](CCc1ccccc1)c1ccccc1. The first-order chi connectivity index (χ1) is 39.9. The molecule has 5 atom stereocenters. The summed E-state index contributed by atoms with van der Waals surface area (Å²) in [6.45, 7) is 8.13. The molecule has 0 spiro atoms. The van der Waals surface area contributed by atoms with Crippen LogP contribution in [0.3, 0.4) is 0 Å². The van der Waals surface area contributed by atoms with E-state index in [1.165, 1.54) is 18.7 Å². The molecule has 1 heterocycles. The fourth-order valence-electron chi connectivity index (χ4n) is 10.1. The first-order valence-electron chi connectivity index (χ1n) is 29.5. The van der Waals surface area contributed by atoms with E-state index in [0.717, 1.165) is 53.5 Å². The van der Waals surface area contributed by atoms with Gasteiger partial charge in [0.1, 0.15) is 37.6 Å². The molecule has 0 radical (unpaired) electrons. The lowest BCUT2D eigenvalue weighted by Crippen LogP contribution is -2.54. The van der Waals surface area contributed by atoms with Crippen LogP contribution in [0.25, 0.3) is 0 Å². The van der Waals surface area contributed by atoms with Gasteiger partial charge in [0.25, 0.3) is 5.91 Å². The van der Waals surface area contributed by atoms with E-state index in [2.05, 4.69) is 29.7 Å². The van der Waals surface area contributed by atoms with E-state index in [1.54, 1.807) is 38.1 Å². The number of aryl methyl sites for hydroxylation is 2. The number of ketones is 2. The number of hydrogen-bond acceptors (Lipinski definition) is 12. The topological polar surface area (TPSA) is 204 Å². The first kappa shape index (κ1) is 64.5. The third kappa shape index (κ3) is 20.9. The first-order valence-corrected chi connectivity index (χ1v) is 29.5. The number of amides is 3. The summed E-state index contributed by atoms with van der Waals surface area (Å²) in [7, 11) is 0. The Balaban J connectivity index is 0.894. The average molecular weight is 1140 g/mol.